The summed E-state index contributed by atoms with van der Waals surface area (Å²) in [5.41, 5.74) is -0.307. The Morgan fingerprint density at radius 1 is 0.939 bits per heavy atom. The van der Waals surface area contributed by atoms with Gasteiger partial charge in [-0.2, -0.15) is 13.2 Å². The summed E-state index contributed by atoms with van der Waals surface area (Å²) in [4.78, 5) is 30.6. The minimum absolute atomic E-state index is 0.00477. The van der Waals surface area contributed by atoms with Gasteiger partial charge >= 0.3 is 18.1 Å². The number of hydrogen-bond donors (Lipinski definition) is 0. The highest BCUT2D eigenvalue weighted by Gasteiger charge is 2.46. The van der Waals surface area contributed by atoms with Crippen LogP contribution in [0.25, 0.3) is 5.70 Å². The standard InChI is InChI=1S/C25H24F3NO4/c1-4-32-23(30)19-15(3)29-22(16-11-7-6-8-12-16)21(24(31)33-5-2)20(19)17-13-9-10-14-18(17)25(26,27)28/h6-14,19-20H,4-5H2,1-3H3. The van der Waals surface area contributed by atoms with E-state index < -0.39 is 35.5 Å². The Balaban J connectivity index is 2.38. The van der Waals surface area contributed by atoms with Gasteiger partial charge in [0.05, 0.1) is 30.0 Å². The van der Waals surface area contributed by atoms with Crippen LogP contribution in [0.4, 0.5) is 13.2 Å². The monoisotopic (exact) mass is 459 g/mol. The zero-order valence-corrected chi connectivity index (χ0v) is 18.5. The fourth-order valence-electron chi connectivity index (χ4n) is 4.01. The van der Waals surface area contributed by atoms with E-state index in [1.54, 1.807) is 51.1 Å². The Kier molecular flexibility index (Phi) is 7.36. The van der Waals surface area contributed by atoms with Crippen molar-refractivity contribution in [3.63, 3.8) is 0 Å². The van der Waals surface area contributed by atoms with E-state index in [2.05, 4.69) is 4.99 Å². The van der Waals surface area contributed by atoms with Crippen LogP contribution in [-0.2, 0) is 25.2 Å². The van der Waals surface area contributed by atoms with E-state index in [-0.39, 0.29) is 35.8 Å². The summed E-state index contributed by atoms with van der Waals surface area (Å²) in [6.07, 6.45) is -4.70. The van der Waals surface area contributed by atoms with Crippen LogP contribution in [0.3, 0.4) is 0 Å². The molecule has 1 aliphatic heterocycles. The molecule has 0 saturated heterocycles. The molecular formula is C25H24F3NO4. The molecule has 2 unspecified atom stereocenters. The van der Waals surface area contributed by atoms with E-state index in [0.717, 1.165) is 6.07 Å². The molecule has 0 aromatic heterocycles. The number of nitrogens with zero attached hydrogens (tertiary/aromatic N) is 1. The summed E-state index contributed by atoms with van der Waals surface area (Å²) >= 11 is 0. The van der Waals surface area contributed by atoms with Gasteiger partial charge in [0.1, 0.15) is 5.92 Å². The molecule has 0 fully saturated rings. The van der Waals surface area contributed by atoms with Gasteiger partial charge in [0.15, 0.2) is 0 Å². The van der Waals surface area contributed by atoms with Crippen molar-refractivity contribution in [1.29, 1.82) is 0 Å². The number of halogens is 3. The molecule has 3 rings (SSSR count). The van der Waals surface area contributed by atoms with Crippen molar-refractivity contribution in [2.24, 2.45) is 10.9 Å². The molecule has 0 bridgehead atoms. The average molecular weight is 459 g/mol. The molecule has 5 nitrogen and oxygen atoms in total. The lowest BCUT2D eigenvalue weighted by molar-refractivity contribution is -0.147. The molecule has 0 N–H and O–H groups in total. The summed E-state index contributed by atoms with van der Waals surface area (Å²) in [5, 5.41) is 0. The minimum Gasteiger partial charge on any atom is -0.465 e. The van der Waals surface area contributed by atoms with Crippen molar-refractivity contribution >= 4 is 23.3 Å². The van der Waals surface area contributed by atoms with Crippen molar-refractivity contribution in [3.05, 3.63) is 76.9 Å². The third-order valence-corrected chi connectivity index (χ3v) is 5.32. The van der Waals surface area contributed by atoms with Gasteiger partial charge < -0.3 is 9.47 Å². The molecule has 174 valence electrons. The number of esters is 2. The first-order chi connectivity index (χ1) is 15.7. The summed E-state index contributed by atoms with van der Waals surface area (Å²) in [6, 6.07) is 13.5. The van der Waals surface area contributed by atoms with Gasteiger partial charge in [-0.15, -0.1) is 0 Å². The highest BCUT2D eigenvalue weighted by molar-refractivity contribution is 6.12. The maximum atomic E-state index is 14.0. The molecule has 8 heteroatoms. The number of alkyl halides is 3. The average Bonchev–Trinajstić information content (AvgIpc) is 2.78. The molecule has 1 aliphatic rings. The first-order valence-corrected chi connectivity index (χ1v) is 10.5. The highest BCUT2D eigenvalue weighted by atomic mass is 19.4. The van der Waals surface area contributed by atoms with E-state index in [1.807, 2.05) is 0 Å². The van der Waals surface area contributed by atoms with Crippen LogP contribution in [-0.4, -0.2) is 30.9 Å². The van der Waals surface area contributed by atoms with Crippen LogP contribution < -0.4 is 0 Å². The summed E-state index contributed by atoms with van der Waals surface area (Å²) in [6.45, 7) is 4.78. The Hall–Kier alpha value is -3.42. The number of carbonyl (C=O) groups is 2. The number of rotatable bonds is 6. The van der Waals surface area contributed by atoms with E-state index in [4.69, 9.17) is 9.47 Å². The largest absolute Gasteiger partial charge is 0.465 e. The van der Waals surface area contributed by atoms with E-state index in [0.29, 0.717) is 5.56 Å². The van der Waals surface area contributed by atoms with E-state index in [1.165, 1.54) is 18.2 Å². The predicted molar refractivity (Wildman–Crippen MR) is 117 cm³/mol. The van der Waals surface area contributed by atoms with Gasteiger partial charge in [-0.05, 0) is 32.4 Å². The normalized spacial score (nSPS) is 18.5. The fourth-order valence-corrected chi connectivity index (χ4v) is 4.01. The highest BCUT2D eigenvalue weighted by Crippen LogP contribution is 2.46. The summed E-state index contributed by atoms with van der Waals surface area (Å²) in [5.74, 6) is -4.10. The Labute approximate surface area is 189 Å². The Morgan fingerprint density at radius 2 is 1.55 bits per heavy atom. The number of carbonyl (C=O) groups excluding carboxylic acids is 2. The number of hydrogen-bond acceptors (Lipinski definition) is 5. The topological polar surface area (TPSA) is 65.0 Å². The van der Waals surface area contributed by atoms with E-state index >= 15 is 0 Å². The quantitative estimate of drug-likeness (QED) is 0.542. The molecule has 33 heavy (non-hydrogen) atoms. The van der Waals surface area contributed by atoms with Crippen LogP contribution in [0.1, 0.15) is 43.4 Å². The lowest BCUT2D eigenvalue weighted by atomic mass is 9.73. The second kappa shape index (κ2) is 10.0. The lowest BCUT2D eigenvalue weighted by Crippen LogP contribution is -2.37. The summed E-state index contributed by atoms with van der Waals surface area (Å²) in [7, 11) is 0. The molecule has 0 saturated carbocycles. The van der Waals surface area contributed by atoms with Gasteiger partial charge in [0, 0.05) is 17.2 Å². The second-order valence-corrected chi connectivity index (χ2v) is 7.39. The Bertz CT molecular complexity index is 1090. The van der Waals surface area contributed by atoms with Crippen molar-refractivity contribution in [2.75, 3.05) is 13.2 Å². The van der Waals surface area contributed by atoms with Crippen LogP contribution in [0, 0.1) is 5.92 Å². The molecular weight excluding hydrogens is 435 g/mol. The number of aliphatic imine (C=N–C) groups is 1. The molecule has 0 spiro atoms. The molecule has 0 amide bonds. The molecule has 0 aliphatic carbocycles. The molecule has 2 aromatic carbocycles. The van der Waals surface area contributed by atoms with Gasteiger partial charge in [-0.3, -0.25) is 9.79 Å². The zero-order valence-electron chi connectivity index (χ0n) is 18.5. The van der Waals surface area contributed by atoms with E-state index in [9.17, 15) is 22.8 Å². The zero-order chi connectivity index (χ0) is 24.2. The maximum absolute atomic E-state index is 14.0. The molecule has 2 aromatic rings. The second-order valence-electron chi connectivity index (χ2n) is 7.39. The Morgan fingerprint density at radius 3 is 2.15 bits per heavy atom. The van der Waals surface area contributed by atoms with Crippen LogP contribution in [0.5, 0.6) is 0 Å². The SMILES string of the molecule is CCOC(=O)C1=C(c2ccccc2)N=C(C)C(C(=O)OCC)C1c1ccccc1C(F)(F)F. The minimum atomic E-state index is -4.70. The number of ether oxygens (including phenoxy) is 2. The maximum Gasteiger partial charge on any atom is 0.416 e. The van der Waals surface area contributed by atoms with Gasteiger partial charge in [0.25, 0.3) is 0 Å². The van der Waals surface area contributed by atoms with Crippen molar-refractivity contribution in [1.82, 2.24) is 0 Å². The van der Waals surface area contributed by atoms with Crippen molar-refractivity contribution < 1.29 is 32.2 Å². The van der Waals surface area contributed by atoms with Gasteiger partial charge in [-0.1, -0.05) is 48.5 Å². The van der Waals surface area contributed by atoms with Crippen LogP contribution in [0.15, 0.2) is 65.2 Å². The molecule has 1 heterocycles. The van der Waals surface area contributed by atoms with Crippen LogP contribution >= 0.6 is 0 Å². The van der Waals surface area contributed by atoms with Crippen molar-refractivity contribution in [3.8, 4) is 0 Å². The third-order valence-electron chi connectivity index (χ3n) is 5.32. The van der Waals surface area contributed by atoms with Crippen LogP contribution in [0.2, 0.25) is 0 Å². The smallest absolute Gasteiger partial charge is 0.416 e. The molecule has 0 radical (unpaired) electrons. The summed E-state index contributed by atoms with van der Waals surface area (Å²) < 4.78 is 52.4. The van der Waals surface area contributed by atoms with Gasteiger partial charge in [-0.25, -0.2) is 4.79 Å². The first-order valence-electron chi connectivity index (χ1n) is 10.5. The van der Waals surface area contributed by atoms with Gasteiger partial charge in [0.2, 0.25) is 0 Å². The molecule has 2 atom stereocenters. The third kappa shape index (κ3) is 4.99. The first kappa shape index (κ1) is 24.2. The lowest BCUT2D eigenvalue weighted by Gasteiger charge is -2.33. The predicted octanol–water partition coefficient (Wildman–Crippen LogP) is 5.42. The van der Waals surface area contributed by atoms with Crippen molar-refractivity contribution in [2.45, 2.75) is 32.9 Å². The fraction of sp³-hybridized carbons (Fsp3) is 0.320. The number of benzene rings is 2.